The third-order valence-electron chi connectivity index (χ3n) is 3.53. The van der Waals surface area contributed by atoms with Crippen molar-refractivity contribution in [2.24, 2.45) is 0 Å². The molecule has 0 bridgehead atoms. The van der Waals surface area contributed by atoms with Gasteiger partial charge < -0.3 is 9.64 Å². The van der Waals surface area contributed by atoms with E-state index in [1.54, 1.807) is 6.07 Å². The largest absolute Gasteiger partial charge is 0.448 e. The molecule has 9 nitrogen and oxygen atoms in total. The number of hydrogen-bond donors (Lipinski definition) is 2. The van der Waals surface area contributed by atoms with Crippen LogP contribution in [0.4, 0.5) is 16.2 Å². The Morgan fingerprint density at radius 1 is 1.19 bits per heavy atom. The lowest BCUT2D eigenvalue weighted by Crippen LogP contribution is -2.24. The predicted octanol–water partition coefficient (Wildman–Crippen LogP) is 1.65. The summed E-state index contributed by atoms with van der Waals surface area (Å²) in [5.41, 5.74) is 2.35. The molecule has 0 fully saturated rings. The number of hydrogen-bond acceptors (Lipinski definition) is 7. The van der Waals surface area contributed by atoms with E-state index in [2.05, 4.69) is 10.2 Å². The van der Waals surface area contributed by atoms with Gasteiger partial charge in [0.05, 0.1) is 5.75 Å². The van der Waals surface area contributed by atoms with Gasteiger partial charge in [0, 0.05) is 24.5 Å². The maximum absolute atomic E-state index is 11.8. The molecule has 0 saturated heterocycles. The van der Waals surface area contributed by atoms with E-state index < -0.39 is 43.5 Å². The number of nitrogens with one attached hydrogen (secondary N) is 1. The molecule has 0 aliphatic heterocycles. The van der Waals surface area contributed by atoms with E-state index in [-0.39, 0.29) is 0 Å². The van der Waals surface area contributed by atoms with Crippen LogP contribution < -0.4 is 10.2 Å². The lowest BCUT2D eigenvalue weighted by atomic mass is 10.1. The summed E-state index contributed by atoms with van der Waals surface area (Å²) in [7, 11) is -8.74. The number of ether oxygens (including phenoxy) is 1. The summed E-state index contributed by atoms with van der Waals surface area (Å²) in [4.78, 5) is 13.9. The summed E-state index contributed by atoms with van der Waals surface area (Å²) in [5.74, 6) is -0.708. The number of carbonyl (C=O) groups excluding carboxylic acids is 1. The highest BCUT2D eigenvalue weighted by Gasteiger charge is 2.20. The van der Waals surface area contributed by atoms with Crippen LogP contribution in [0.5, 0.6) is 0 Å². The van der Waals surface area contributed by atoms with Crippen LogP contribution in [0.15, 0.2) is 18.2 Å². The molecule has 0 atom stereocenters. The van der Waals surface area contributed by atoms with E-state index in [0.29, 0.717) is 5.69 Å². The minimum absolute atomic E-state index is 0.520. The van der Waals surface area contributed by atoms with Crippen LogP contribution in [0, 0.1) is 6.92 Å². The van der Waals surface area contributed by atoms with Crippen molar-refractivity contribution in [3.05, 3.63) is 23.8 Å². The number of benzene rings is 1. The van der Waals surface area contributed by atoms with Crippen LogP contribution in [-0.4, -0.2) is 58.0 Å². The smallest absolute Gasteiger partial charge is 0.411 e. The maximum Gasteiger partial charge on any atom is 0.411 e. The number of amides is 1. The first-order valence-electron chi connectivity index (χ1n) is 7.92. The van der Waals surface area contributed by atoms with Gasteiger partial charge in [-0.2, -0.15) is 8.42 Å². The second kappa shape index (κ2) is 9.19. The van der Waals surface area contributed by atoms with Gasteiger partial charge in [0.25, 0.3) is 10.1 Å². The van der Waals surface area contributed by atoms with Gasteiger partial charge >= 0.3 is 6.09 Å². The zero-order valence-electron chi connectivity index (χ0n) is 14.9. The molecule has 0 unspecified atom stereocenters. The Balaban J connectivity index is 2.61. The van der Waals surface area contributed by atoms with Gasteiger partial charge in [-0.3, -0.25) is 9.87 Å². The third-order valence-corrected chi connectivity index (χ3v) is 6.95. The number of aryl methyl sites for hydroxylation is 1. The molecule has 0 aromatic heterocycles. The minimum Gasteiger partial charge on any atom is -0.448 e. The second-order valence-corrected chi connectivity index (χ2v) is 9.58. The second-order valence-electron chi connectivity index (χ2n) is 5.58. The first-order chi connectivity index (χ1) is 12.0. The average Bonchev–Trinajstić information content (AvgIpc) is 2.48. The van der Waals surface area contributed by atoms with Gasteiger partial charge in [0.15, 0.2) is 14.9 Å². The van der Waals surface area contributed by atoms with Gasteiger partial charge in [-0.1, -0.05) is 0 Å². The van der Waals surface area contributed by atoms with Crippen molar-refractivity contribution >= 4 is 37.4 Å². The van der Waals surface area contributed by atoms with Gasteiger partial charge in [0.2, 0.25) is 0 Å². The molecule has 2 N–H and O–H groups in total. The van der Waals surface area contributed by atoms with Crippen molar-refractivity contribution in [1.82, 2.24) is 0 Å². The van der Waals surface area contributed by atoms with Crippen molar-refractivity contribution < 1.29 is 30.9 Å². The Labute approximate surface area is 154 Å². The zero-order chi connectivity index (χ0) is 20.0. The Bertz CT molecular complexity index is 832. The number of carbonyl (C=O) groups is 1. The van der Waals surface area contributed by atoms with E-state index in [1.807, 2.05) is 32.9 Å². The normalized spacial score (nSPS) is 11.8. The highest BCUT2D eigenvalue weighted by molar-refractivity contribution is 8.05. The molecule has 0 aliphatic rings. The lowest BCUT2D eigenvalue weighted by molar-refractivity contribution is 0.168. The average molecular weight is 408 g/mol. The Morgan fingerprint density at radius 3 is 2.31 bits per heavy atom. The Hall–Kier alpha value is -1.85. The van der Waals surface area contributed by atoms with Crippen molar-refractivity contribution in [3.63, 3.8) is 0 Å². The van der Waals surface area contributed by atoms with E-state index in [9.17, 15) is 21.6 Å². The summed E-state index contributed by atoms with van der Waals surface area (Å²) < 4.78 is 57.4. The summed E-state index contributed by atoms with van der Waals surface area (Å²) in [5, 5.41) is 1.10. The summed E-state index contributed by atoms with van der Waals surface area (Å²) >= 11 is 0. The molecule has 1 aromatic rings. The fraction of sp³-hybridized carbons (Fsp3) is 0.533. The van der Waals surface area contributed by atoms with E-state index >= 15 is 0 Å². The highest BCUT2D eigenvalue weighted by atomic mass is 32.3. The van der Waals surface area contributed by atoms with Crippen LogP contribution >= 0.6 is 0 Å². The molecule has 1 amide bonds. The zero-order valence-corrected chi connectivity index (χ0v) is 16.6. The van der Waals surface area contributed by atoms with E-state index in [4.69, 9.17) is 9.29 Å². The molecule has 0 aliphatic carbocycles. The number of sulfone groups is 1. The number of nitrogens with zero attached hydrogens (tertiary/aromatic N) is 1. The van der Waals surface area contributed by atoms with Crippen molar-refractivity contribution in [3.8, 4) is 0 Å². The first-order valence-corrected chi connectivity index (χ1v) is 11.4. The quantitative estimate of drug-likeness (QED) is 0.590. The summed E-state index contributed by atoms with van der Waals surface area (Å²) in [6.07, 6.45) is -0.856. The highest BCUT2D eigenvalue weighted by Crippen LogP contribution is 2.22. The molecule has 0 heterocycles. The summed E-state index contributed by atoms with van der Waals surface area (Å²) in [6, 6.07) is 5.49. The van der Waals surface area contributed by atoms with Crippen molar-refractivity contribution in [2.75, 3.05) is 40.8 Å². The fourth-order valence-electron chi connectivity index (χ4n) is 2.27. The molecule has 26 heavy (non-hydrogen) atoms. The molecule has 0 saturated carbocycles. The van der Waals surface area contributed by atoms with Gasteiger partial charge in [-0.25, -0.2) is 13.2 Å². The maximum atomic E-state index is 11.8. The first kappa shape index (κ1) is 22.2. The topological polar surface area (TPSA) is 130 Å². The van der Waals surface area contributed by atoms with Gasteiger partial charge in [0.1, 0.15) is 6.61 Å². The van der Waals surface area contributed by atoms with E-state index in [1.165, 1.54) is 0 Å². The Morgan fingerprint density at radius 2 is 1.81 bits per heavy atom. The SMILES string of the molecule is CCN(CC)c1ccc(NC(=O)OCCS(=O)(=O)CS(=O)(=O)O)c(C)c1. The predicted molar refractivity (Wildman–Crippen MR) is 99.9 cm³/mol. The molecular weight excluding hydrogens is 384 g/mol. The summed E-state index contributed by atoms with van der Waals surface area (Å²) in [6.45, 7) is 7.07. The minimum atomic E-state index is -4.65. The molecule has 148 valence electrons. The van der Waals surface area contributed by atoms with Crippen LogP contribution in [0.2, 0.25) is 0 Å². The molecule has 11 heteroatoms. The molecule has 0 radical (unpaired) electrons. The van der Waals surface area contributed by atoms with Gasteiger partial charge in [-0.05, 0) is 44.5 Å². The third kappa shape index (κ3) is 7.58. The van der Waals surface area contributed by atoms with Crippen LogP contribution in [0.3, 0.4) is 0 Å². The van der Waals surface area contributed by atoms with Crippen molar-refractivity contribution in [2.45, 2.75) is 20.8 Å². The molecular formula is C15H24N2O7S2. The molecule has 0 spiro atoms. The van der Waals surface area contributed by atoms with Crippen LogP contribution in [0.25, 0.3) is 0 Å². The van der Waals surface area contributed by atoms with Gasteiger partial charge in [-0.15, -0.1) is 0 Å². The molecule has 1 rings (SSSR count). The van der Waals surface area contributed by atoms with Crippen LogP contribution in [0.1, 0.15) is 19.4 Å². The Kier molecular flexibility index (Phi) is 7.85. The monoisotopic (exact) mass is 408 g/mol. The lowest BCUT2D eigenvalue weighted by Gasteiger charge is -2.22. The number of rotatable bonds is 9. The van der Waals surface area contributed by atoms with Crippen LogP contribution in [-0.2, 0) is 24.7 Å². The number of anilines is 2. The van der Waals surface area contributed by atoms with Crippen molar-refractivity contribution in [1.29, 1.82) is 0 Å². The molecule has 1 aromatic carbocycles. The standard InChI is InChI=1S/C15H24N2O7S2/c1-4-17(5-2)13-6-7-14(12(3)10-13)16-15(18)24-8-9-25(19,20)11-26(21,22)23/h6-7,10H,4-5,8-9,11H2,1-3H3,(H,16,18)(H,21,22,23). The fourth-order valence-corrected chi connectivity index (χ4v) is 4.89. The van der Waals surface area contributed by atoms with E-state index in [0.717, 1.165) is 24.3 Å².